The van der Waals surface area contributed by atoms with E-state index in [1.165, 1.54) is 12.2 Å². The van der Waals surface area contributed by atoms with Gasteiger partial charge in [0.25, 0.3) is 0 Å². The van der Waals surface area contributed by atoms with Crippen LogP contribution < -0.4 is 10.2 Å². The molecule has 2 rings (SSSR count). The Morgan fingerprint density at radius 3 is 3.11 bits per heavy atom. The highest BCUT2D eigenvalue weighted by Gasteiger charge is 2.20. The summed E-state index contributed by atoms with van der Waals surface area (Å²) in [4.78, 5) is 7.05. The number of anilines is 1. The largest absolute Gasteiger partial charge is 0.355 e. The third-order valence-corrected chi connectivity index (χ3v) is 4.88. The van der Waals surface area contributed by atoms with Gasteiger partial charge in [0.2, 0.25) is 0 Å². The Hall–Kier alpha value is -0.450. The summed E-state index contributed by atoms with van der Waals surface area (Å²) in [6, 6.07) is 3.99. The Kier molecular flexibility index (Phi) is 5.15. The lowest BCUT2D eigenvalue weighted by molar-refractivity contribution is 0.713. The molecule has 5 heteroatoms. The second kappa shape index (κ2) is 6.64. The van der Waals surface area contributed by atoms with E-state index in [-0.39, 0.29) is 0 Å². The lowest BCUT2D eigenvalue weighted by Crippen LogP contribution is -2.38. The number of nitrogens with zero attached hydrogens (tertiary/aromatic N) is 2. The monoisotopic (exact) mass is 285 g/mol. The van der Waals surface area contributed by atoms with Crippen LogP contribution in [-0.4, -0.2) is 36.1 Å². The van der Waals surface area contributed by atoms with Gasteiger partial charge in [-0.3, -0.25) is 0 Å². The lowest BCUT2D eigenvalue weighted by Gasteiger charge is -2.33. The number of halogens is 1. The van der Waals surface area contributed by atoms with Crippen LogP contribution in [0.15, 0.2) is 12.1 Å². The minimum absolute atomic E-state index is 0.715. The molecule has 0 amide bonds. The summed E-state index contributed by atoms with van der Waals surface area (Å²) in [6.07, 6.45) is 1.22. The molecule has 1 aliphatic heterocycles. The predicted molar refractivity (Wildman–Crippen MR) is 80.8 cm³/mol. The summed E-state index contributed by atoms with van der Waals surface area (Å²) < 4.78 is 0. The van der Waals surface area contributed by atoms with Gasteiger partial charge in [-0.05, 0) is 25.6 Å². The van der Waals surface area contributed by atoms with Gasteiger partial charge in [0.05, 0.1) is 10.7 Å². The van der Waals surface area contributed by atoms with E-state index in [1.807, 2.05) is 19.2 Å². The first-order valence-electron chi connectivity index (χ1n) is 6.41. The first-order chi connectivity index (χ1) is 8.74. The molecule has 3 nitrogen and oxygen atoms in total. The van der Waals surface area contributed by atoms with Crippen LogP contribution in [-0.2, 0) is 6.54 Å². The van der Waals surface area contributed by atoms with Crippen LogP contribution in [0.1, 0.15) is 19.0 Å². The first kappa shape index (κ1) is 14.0. The molecule has 0 spiro atoms. The fourth-order valence-corrected chi connectivity index (χ4v) is 3.47. The molecular weight excluding hydrogens is 266 g/mol. The van der Waals surface area contributed by atoms with Gasteiger partial charge >= 0.3 is 0 Å². The number of aromatic nitrogens is 1. The second-order valence-electron chi connectivity index (χ2n) is 4.48. The molecule has 1 fully saturated rings. The average molecular weight is 286 g/mol. The molecular formula is C13H20ClN3S. The molecule has 0 aromatic carbocycles. The van der Waals surface area contributed by atoms with Crippen molar-refractivity contribution in [1.82, 2.24) is 10.3 Å². The topological polar surface area (TPSA) is 28.2 Å². The molecule has 1 N–H and O–H groups in total. The van der Waals surface area contributed by atoms with Crippen LogP contribution in [0.5, 0.6) is 0 Å². The number of pyridine rings is 1. The van der Waals surface area contributed by atoms with Crippen LogP contribution >= 0.6 is 23.4 Å². The minimum Gasteiger partial charge on any atom is -0.355 e. The Balaban J connectivity index is 2.14. The quantitative estimate of drug-likeness (QED) is 0.921. The Morgan fingerprint density at radius 2 is 2.39 bits per heavy atom. The van der Waals surface area contributed by atoms with Crippen LogP contribution in [0.4, 0.5) is 5.82 Å². The van der Waals surface area contributed by atoms with E-state index < -0.39 is 0 Å². The zero-order chi connectivity index (χ0) is 13.0. The molecule has 1 saturated heterocycles. The van der Waals surface area contributed by atoms with Crippen molar-refractivity contribution in [1.29, 1.82) is 0 Å². The molecule has 0 aliphatic carbocycles. The lowest BCUT2D eigenvalue weighted by atomic mass is 10.2. The smallest absolute Gasteiger partial charge is 0.129 e. The molecule has 100 valence electrons. The molecule has 0 saturated carbocycles. The van der Waals surface area contributed by atoms with E-state index in [9.17, 15) is 0 Å². The number of thioether (sulfide) groups is 1. The summed E-state index contributed by atoms with van der Waals surface area (Å²) in [5.41, 5.74) is 0.933. The highest BCUT2D eigenvalue weighted by molar-refractivity contribution is 8.00. The van der Waals surface area contributed by atoms with Gasteiger partial charge in [-0.25, -0.2) is 4.98 Å². The molecule has 1 aliphatic rings. The Morgan fingerprint density at radius 1 is 1.56 bits per heavy atom. The predicted octanol–water partition coefficient (Wildman–Crippen LogP) is 2.79. The average Bonchev–Trinajstić information content (AvgIpc) is 2.41. The van der Waals surface area contributed by atoms with Crippen molar-refractivity contribution in [2.45, 2.75) is 25.1 Å². The van der Waals surface area contributed by atoms with Crippen molar-refractivity contribution in [3.8, 4) is 0 Å². The van der Waals surface area contributed by atoms with Crippen LogP contribution in [0.2, 0.25) is 5.02 Å². The third kappa shape index (κ3) is 3.31. The van der Waals surface area contributed by atoms with Crippen molar-refractivity contribution in [2.75, 3.05) is 30.8 Å². The van der Waals surface area contributed by atoms with E-state index in [0.717, 1.165) is 34.9 Å². The third-order valence-electron chi connectivity index (χ3n) is 3.17. The van der Waals surface area contributed by atoms with Crippen molar-refractivity contribution < 1.29 is 0 Å². The minimum atomic E-state index is 0.715. The van der Waals surface area contributed by atoms with E-state index >= 15 is 0 Å². The van der Waals surface area contributed by atoms with Gasteiger partial charge in [0, 0.05) is 30.6 Å². The fraction of sp³-hybridized carbons (Fsp3) is 0.615. The van der Waals surface area contributed by atoms with Gasteiger partial charge in [-0.2, -0.15) is 11.8 Å². The van der Waals surface area contributed by atoms with Gasteiger partial charge in [0.1, 0.15) is 5.82 Å². The molecule has 2 heterocycles. The first-order valence-corrected chi connectivity index (χ1v) is 7.83. The number of hydrogen-bond donors (Lipinski definition) is 1. The fourth-order valence-electron chi connectivity index (χ4n) is 2.11. The molecule has 1 unspecified atom stereocenters. The van der Waals surface area contributed by atoms with Crippen LogP contribution in [0.3, 0.4) is 0 Å². The van der Waals surface area contributed by atoms with Crippen molar-refractivity contribution in [3.63, 3.8) is 0 Å². The van der Waals surface area contributed by atoms with Crippen molar-refractivity contribution >= 4 is 29.2 Å². The maximum atomic E-state index is 6.14. The normalized spacial score (nSPS) is 20.2. The van der Waals surface area contributed by atoms with Crippen molar-refractivity contribution in [2.24, 2.45) is 0 Å². The van der Waals surface area contributed by atoms with E-state index in [1.54, 1.807) is 0 Å². The summed E-state index contributed by atoms with van der Waals surface area (Å²) >= 11 is 8.22. The number of hydrogen-bond acceptors (Lipinski definition) is 4. The van der Waals surface area contributed by atoms with Crippen molar-refractivity contribution in [3.05, 3.63) is 22.8 Å². The molecule has 0 bridgehead atoms. The summed E-state index contributed by atoms with van der Waals surface area (Å²) in [5, 5.41) is 4.57. The maximum absolute atomic E-state index is 6.14. The van der Waals surface area contributed by atoms with Gasteiger partial charge in [0.15, 0.2) is 0 Å². The number of nitrogens with one attached hydrogen (secondary N) is 1. The van der Waals surface area contributed by atoms with Gasteiger partial charge < -0.3 is 10.2 Å². The Labute approximate surface area is 118 Å². The maximum Gasteiger partial charge on any atom is 0.129 e. The van der Waals surface area contributed by atoms with Gasteiger partial charge in [-0.1, -0.05) is 18.5 Å². The number of rotatable bonds is 4. The van der Waals surface area contributed by atoms with Crippen LogP contribution in [0.25, 0.3) is 0 Å². The summed E-state index contributed by atoms with van der Waals surface area (Å²) in [5.74, 6) is 2.24. The molecule has 1 aromatic rings. The van der Waals surface area contributed by atoms with E-state index in [2.05, 4.69) is 33.9 Å². The molecule has 18 heavy (non-hydrogen) atoms. The zero-order valence-corrected chi connectivity index (χ0v) is 12.5. The summed E-state index contributed by atoms with van der Waals surface area (Å²) in [7, 11) is 1.91. The SMILES string of the molecule is CCC1CN(c2ccc(Cl)c(CNC)n2)CCS1. The standard InChI is InChI=1S/C13H20ClN3S/c1-3-10-9-17(6-7-18-10)13-5-4-11(14)12(16-13)8-15-2/h4-5,10,15H,3,6-9H2,1-2H3. The van der Waals surface area contributed by atoms with E-state index in [4.69, 9.17) is 11.6 Å². The van der Waals surface area contributed by atoms with E-state index in [0.29, 0.717) is 6.54 Å². The molecule has 1 atom stereocenters. The highest BCUT2D eigenvalue weighted by atomic mass is 35.5. The molecule has 1 aromatic heterocycles. The van der Waals surface area contributed by atoms with Gasteiger partial charge in [-0.15, -0.1) is 0 Å². The van der Waals surface area contributed by atoms with Crippen LogP contribution in [0, 0.1) is 0 Å². The zero-order valence-electron chi connectivity index (χ0n) is 10.9. The summed E-state index contributed by atoms with van der Waals surface area (Å²) in [6.45, 7) is 5.14. The molecule has 0 radical (unpaired) electrons. The highest BCUT2D eigenvalue weighted by Crippen LogP contribution is 2.26. The Bertz CT molecular complexity index is 400. The second-order valence-corrected chi connectivity index (χ2v) is 6.29.